The van der Waals surface area contributed by atoms with Gasteiger partial charge in [0.25, 0.3) is 11.5 Å². The van der Waals surface area contributed by atoms with E-state index in [1.165, 1.54) is 10.5 Å². The number of rotatable bonds is 6. The average molecular weight is 431 g/mol. The fourth-order valence-corrected chi connectivity index (χ4v) is 3.72. The summed E-state index contributed by atoms with van der Waals surface area (Å²) >= 11 is 0. The fraction of sp³-hybridized carbons (Fsp3) is 0.250. The Morgan fingerprint density at radius 1 is 1.22 bits per heavy atom. The topological polar surface area (TPSA) is 101 Å². The van der Waals surface area contributed by atoms with E-state index in [1.807, 2.05) is 50.2 Å². The van der Waals surface area contributed by atoms with E-state index in [2.05, 4.69) is 10.3 Å². The van der Waals surface area contributed by atoms with Gasteiger partial charge < -0.3 is 14.6 Å². The Morgan fingerprint density at radius 2 is 1.97 bits per heavy atom. The van der Waals surface area contributed by atoms with Crippen LogP contribution in [-0.4, -0.2) is 33.6 Å². The van der Waals surface area contributed by atoms with Crippen LogP contribution in [0.3, 0.4) is 0 Å². The number of pyridine rings is 2. The maximum atomic E-state index is 13.3. The van der Waals surface area contributed by atoms with E-state index < -0.39 is 5.91 Å². The number of fused-ring (bicyclic) bond motifs is 2. The molecule has 1 amide bonds. The number of carbonyl (C=O) groups excluding carboxylic acids is 1. The summed E-state index contributed by atoms with van der Waals surface area (Å²) in [7, 11) is 1.56. The van der Waals surface area contributed by atoms with Crippen molar-refractivity contribution < 1.29 is 9.53 Å². The zero-order chi connectivity index (χ0) is 22.8. The molecule has 0 saturated heterocycles. The van der Waals surface area contributed by atoms with Gasteiger partial charge in [0.1, 0.15) is 16.8 Å². The van der Waals surface area contributed by atoms with Crippen molar-refractivity contribution >= 4 is 22.6 Å². The summed E-state index contributed by atoms with van der Waals surface area (Å²) in [4.78, 5) is 31.0. The van der Waals surface area contributed by atoms with E-state index >= 15 is 0 Å². The number of benzene rings is 1. The number of carbonyl (C=O) groups is 1. The number of nitrogens with one attached hydrogen (secondary N) is 2. The molecule has 0 fully saturated rings. The Balaban J connectivity index is 1.88. The number of hydrogen-bond donors (Lipinski definition) is 2. The minimum Gasteiger partial charge on any atom is -0.383 e. The Bertz CT molecular complexity index is 1420. The summed E-state index contributed by atoms with van der Waals surface area (Å²) in [5.74, 6) is -0.423. The van der Waals surface area contributed by atoms with Crippen molar-refractivity contribution in [3.8, 4) is 0 Å². The summed E-state index contributed by atoms with van der Waals surface area (Å²) in [6, 6.07) is 14.4. The van der Waals surface area contributed by atoms with Crippen LogP contribution < -0.4 is 16.4 Å². The van der Waals surface area contributed by atoms with Gasteiger partial charge in [-0.3, -0.25) is 19.4 Å². The standard InChI is InChI=1S/C24H25N5O3/c1-15-9-10-20-27-22-19(24(31)29(20)14-15)13-18(21(25)28(22)11-12-32-3)23(30)26-16(2)17-7-5-4-6-8-17/h4-10,13-14,16,25H,11-12H2,1-3H3,(H,26,30)/t16-/m0/s1. The lowest BCUT2D eigenvalue weighted by molar-refractivity contribution is 0.0937. The Labute approximate surface area is 184 Å². The van der Waals surface area contributed by atoms with E-state index in [0.29, 0.717) is 17.9 Å². The number of amides is 1. The molecule has 3 heterocycles. The van der Waals surface area contributed by atoms with Gasteiger partial charge in [-0.2, -0.15) is 0 Å². The molecular weight excluding hydrogens is 406 g/mol. The molecule has 0 spiro atoms. The molecule has 32 heavy (non-hydrogen) atoms. The Morgan fingerprint density at radius 3 is 2.69 bits per heavy atom. The van der Waals surface area contributed by atoms with Gasteiger partial charge in [-0.25, -0.2) is 4.98 Å². The van der Waals surface area contributed by atoms with Gasteiger partial charge in [-0.1, -0.05) is 36.4 Å². The van der Waals surface area contributed by atoms with Crippen LogP contribution >= 0.6 is 0 Å². The van der Waals surface area contributed by atoms with Crippen molar-refractivity contribution in [3.05, 3.63) is 87.3 Å². The first-order valence-electron chi connectivity index (χ1n) is 10.4. The van der Waals surface area contributed by atoms with Crippen LogP contribution in [0.25, 0.3) is 16.7 Å². The zero-order valence-electron chi connectivity index (χ0n) is 18.3. The van der Waals surface area contributed by atoms with Crippen molar-refractivity contribution in [2.24, 2.45) is 0 Å². The summed E-state index contributed by atoms with van der Waals surface area (Å²) in [6.45, 7) is 4.37. The smallest absolute Gasteiger partial charge is 0.267 e. The quantitative estimate of drug-likeness (QED) is 0.458. The van der Waals surface area contributed by atoms with Gasteiger partial charge in [0, 0.05) is 19.9 Å². The van der Waals surface area contributed by atoms with Gasteiger partial charge in [-0.05, 0) is 37.1 Å². The van der Waals surface area contributed by atoms with Gasteiger partial charge in [0.05, 0.1) is 23.6 Å². The van der Waals surface area contributed by atoms with Crippen molar-refractivity contribution in [1.29, 1.82) is 5.41 Å². The number of aromatic nitrogens is 3. The van der Waals surface area contributed by atoms with Crippen LogP contribution in [0.4, 0.5) is 0 Å². The highest BCUT2D eigenvalue weighted by Gasteiger charge is 2.19. The lowest BCUT2D eigenvalue weighted by Crippen LogP contribution is -2.36. The fourth-order valence-electron chi connectivity index (χ4n) is 3.72. The van der Waals surface area contributed by atoms with Crippen LogP contribution in [0.1, 0.15) is 34.5 Å². The predicted octanol–water partition coefficient (Wildman–Crippen LogP) is 2.57. The molecule has 0 saturated carbocycles. The largest absolute Gasteiger partial charge is 0.383 e. The molecule has 0 aliphatic heterocycles. The van der Waals surface area contributed by atoms with Gasteiger partial charge in [0.15, 0.2) is 0 Å². The summed E-state index contributed by atoms with van der Waals surface area (Å²) in [5, 5.41) is 11.9. The third-order valence-corrected chi connectivity index (χ3v) is 5.47. The SMILES string of the molecule is COCCn1c(=N)c(C(=O)N[C@@H](C)c2ccccc2)cc2c(=O)n3cc(C)ccc3nc21. The molecule has 1 atom stereocenters. The van der Waals surface area contributed by atoms with Gasteiger partial charge in [0.2, 0.25) is 0 Å². The highest BCUT2D eigenvalue weighted by Crippen LogP contribution is 2.14. The predicted molar refractivity (Wildman–Crippen MR) is 122 cm³/mol. The number of nitrogens with zero attached hydrogens (tertiary/aromatic N) is 3. The molecule has 4 rings (SSSR count). The average Bonchev–Trinajstić information content (AvgIpc) is 2.79. The Kier molecular flexibility index (Phi) is 5.87. The van der Waals surface area contributed by atoms with Crippen LogP contribution in [0.2, 0.25) is 0 Å². The molecule has 0 aliphatic rings. The molecule has 1 aromatic carbocycles. The van der Waals surface area contributed by atoms with E-state index in [0.717, 1.165) is 11.1 Å². The van der Waals surface area contributed by atoms with E-state index in [-0.39, 0.29) is 34.6 Å². The molecule has 8 nitrogen and oxygen atoms in total. The van der Waals surface area contributed by atoms with Crippen molar-refractivity contribution in [3.63, 3.8) is 0 Å². The zero-order valence-corrected chi connectivity index (χ0v) is 18.3. The Hall–Kier alpha value is -3.78. The highest BCUT2D eigenvalue weighted by atomic mass is 16.5. The molecule has 0 unspecified atom stereocenters. The second-order valence-electron chi connectivity index (χ2n) is 7.75. The maximum Gasteiger partial charge on any atom is 0.267 e. The first-order valence-corrected chi connectivity index (χ1v) is 10.4. The van der Waals surface area contributed by atoms with E-state index in [9.17, 15) is 9.59 Å². The van der Waals surface area contributed by atoms with Crippen LogP contribution in [0.15, 0.2) is 59.5 Å². The second kappa shape index (κ2) is 8.76. The van der Waals surface area contributed by atoms with Crippen molar-refractivity contribution in [1.82, 2.24) is 19.3 Å². The summed E-state index contributed by atoms with van der Waals surface area (Å²) < 4.78 is 8.22. The second-order valence-corrected chi connectivity index (χ2v) is 7.75. The first-order chi connectivity index (χ1) is 15.4. The van der Waals surface area contributed by atoms with Gasteiger partial charge in [-0.15, -0.1) is 0 Å². The molecule has 0 bridgehead atoms. The molecule has 2 N–H and O–H groups in total. The summed E-state index contributed by atoms with van der Waals surface area (Å²) in [6.07, 6.45) is 1.72. The molecule has 164 valence electrons. The maximum absolute atomic E-state index is 13.3. The summed E-state index contributed by atoms with van der Waals surface area (Å²) in [5.41, 5.74) is 2.51. The van der Waals surface area contributed by atoms with Gasteiger partial charge >= 0.3 is 0 Å². The van der Waals surface area contributed by atoms with E-state index in [4.69, 9.17) is 10.1 Å². The van der Waals surface area contributed by atoms with Crippen molar-refractivity contribution in [2.75, 3.05) is 13.7 Å². The monoisotopic (exact) mass is 431 g/mol. The molecule has 0 radical (unpaired) electrons. The van der Waals surface area contributed by atoms with E-state index in [1.54, 1.807) is 23.9 Å². The molecular formula is C24H25N5O3. The first kappa shape index (κ1) is 21.5. The number of ether oxygens (including phenoxy) is 1. The lowest BCUT2D eigenvalue weighted by atomic mass is 10.1. The van der Waals surface area contributed by atoms with Crippen LogP contribution in [0, 0.1) is 12.3 Å². The molecule has 8 heteroatoms. The lowest BCUT2D eigenvalue weighted by Gasteiger charge is -2.17. The minimum atomic E-state index is -0.423. The van der Waals surface area contributed by atoms with Crippen molar-refractivity contribution in [2.45, 2.75) is 26.4 Å². The number of aryl methyl sites for hydroxylation is 1. The minimum absolute atomic E-state index is 0.0179. The number of hydrogen-bond acceptors (Lipinski definition) is 5. The normalized spacial score (nSPS) is 12.2. The third kappa shape index (κ3) is 3.92. The van der Waals surface area contributed by atoms with Crippen LogP contribution in [-0.2, 0) is 11.3 Å². The number of methoxy groups -OCH3 is 1. The van der Waals surface area contributed by atoms with Crippen LogP contribution in [0.5, 0.6) is 0 Å². The molecule has 0 aliphatic carbocycles. The highest BCUT2D eigenvalue weighted by molar-refractivity contribution is 5.97. The third-order valence-electron chi connectivity index (χ3n) is 5.47. The molecule has 4 aromatic rings. The molecule has 3 aromatic heterocycles.